The van der Waals surface area contributed by atoms with Crippen LogP contribution in [0.2, 0.25) is 0 Å². The van der Waals surface area contributed by atoms with E-state index in [0.717, 1.165) is 10.9 Å². The minimum Gasteiger partial charge on any atom is -0.354 e. The molecule has 1 aromatic heterocycles. The second-order valence-electron chi connectivity index (χ2n) is 5.29. The molecule has 0 atom stereocenters. The average molecular weight is 302 g/mol. The smallest absolute Gasteiger partial charge is 0.0476 e. The van der Waals surface area contributed by atoms with Crippen molar-refractivity contribution in [1.82, 2.24) is 4.98 Å². The van der Waals surface area contributed by atoms with Crippen LogP contribution < -0.4 is 0 Å². The minimum absolute atomic E-state index is 0.696. The molecule has 1 heterocycles. The molecule has 18 heavy (non-hydrogen) atoms. The van der Waals surface area contributed by atoms with Gasteiger partial charge in [0, 0.05) is 26.3 Å². The summed E-state index contributed by atoms with van der Waals surface area (Å²) < 4.78 is 1.11. The number of aromatic amines is 1. The molecule has 0 fully saturated rings. The summed E-state index contributed by atoms with van der Waals surface area (Å²) in [5, 5.41) is 2.63. The molecular weight excluding hydrogens is 286 g/mol. The molecule has 1 nitrogen and oxygen atoms in total. The van der Waals surface area contributed by atoms with Gasteiger partial charge in [0.2, 0.25) is 0 Å². The number of halogens is 1. The monoisotopic (exact) mass is 301 g/mol. The van der Waals surface area contributed by atoms with Crippen LogP contribution >= 0.6 is 15.9 Å². The van der Waals surface area contributed by atoms with Gasteiger partial charge in [-0.05, 0) is 42.2 Å². The van der Waals surface area contributed by atoms with Gasteiger partial charge < -0.3 is 4.98 Å². The van der Waals surface area contributed by atoms with Gasteiger partial charge in [0.05, 0.1) is 0 Å². The SMILES string of the molecule is CC(C)Cc1ccc2[nH]c3cc(Br)ccc3c2c1. The topological polar surface area (TPSA) is 15.8 Å². The second-order valence-corrected chi connectivity index (χ2v) is 6.21. The third-order valence-corrected chi connectivity index (χ3v) is 3.76. The Morgan fingerprint density at radius 2 is 1.83 bits per heavy atom. The van der Waals surface area contributed by atoms with Crippen molar-refractivity contribution in [2.24, 2.45) is 5.92 Å². The van der Waals surface area contributed by atoms with Crippen LogP contribution in [0.5, 0.6) is 0 Å². The van der Waals surface area contributed by atoms with E-state index in [1.54, 1.807) is 0 Å². The van der Waals surface area contributed by atoms with E-state index in [0.29, 0.717) is 5.92 Å². The molecule has 0 aliphatic rings. The summed E-state index contributed by atoms with van der Waals surface area (Å²) in [6.07, 6.45) is 1.14. The van der Waals surface area contributed by atoms with Crippen LogP contribution in [0, 0.1) is 5.92 Å². The summed E-state index contributed by atoms with van der Waals surface area (Å²) >= 11 is 3.52. The van der Waals surface area contributed by atoms with Gasteiger partial charge in [0.15, 0.2) is 0 Å². The van der Waals surface area contributed by atoms with Crippen LogP contribution in [-0.4, -0.2) is 4.98 Å². The highest BCUT2D eigenvalue weighted by molar-refractivity contribution is 9.10. The first kappa shape index (κ1) is 11.8. The fourth-order valence-electron chi connectivity index (χ4n) is 2.52. The number of fused-ring (bicyclic) bond motifs is 3. The Balaban J connectivity index is 2.22. The Morgan fingerprint density at radius 1 is 1.00 bits per heavy atom. The first-order valence-electron chi connectivity index (χ1n) is 6.33. The third-order valence-electron chi connectivity index (χ3n) is 3.27. The molecule has 0 aliphatic carbocycles. The van der Waals surface area contributed by atoms with Crippen molar-refractivity contribution < 1.29 is 0 Å². The Hall–Kier alpha value is -1.28. The van der Waals surface area contributed by atoms with Crippen LogP contribution in [0.1, 0.15) is 19.4 Å². The highest BCUT2D eigenvalue weighted by Gasteiger charge is 2.06. The summed E-state index contributed by atoms with van der Waals surface area (Å²) in [5.74, 6) is 0.696. The summed E-state index contributed by atoms with van der Waals surface area (Å²) in [6, 6.07) is 13.2. The van der Waals surface area contributed by atoms with Gasteiger partial charge in [0.1, 0.15) is 0 Å². The number of hydrogen-bond donors (Lipinski definition) is 1. The number of H-pyrrole nitrogens is 1. The fourth-order valence-corrected chi connectivity index (χ4v) is 2.88. The number of aromatic nitrogens is 1. The van der Waals surface area contributed by atoms with Crippen LogP contribution in [-0.2, 0) is 6.42 Å². The standard InChI is InChI=1S/C16H16BrN/c1-10(2)7-11-3-6-15-14(8-11)13-5-4-12(17)9-16(13)18-15/h3-6,8-10,18H,7H2,1-2H3. The Morgan fingerprint density at radius 3 is 2.61 bits per heavy atom. The summed E-state index contributed by atoms with van der Waals surface area (Å²) in [4.78, 5) is 3.47. The van der Waals surface area contributed by atoms with Crippen molar-refractivity contribution >= 4 is 37.7 Å². The maximum atomic E-state index is 3.52. The van der Waals surface area contributed by atoms with Gasteiger partial charge >= 0.3 is 0 Å². The molecule has 0 amide bonds. The molecule has 0 spiro atoms. The summed E-state index contributed by atoms with van der Waals surface area (Å²) in [7, 11) is 0. The Bertz CT molecular complexity index is 710. The first-order chi connectivity index (χ1) is 8.63. The van der Waals surface area contributed by atoms with Crippen molar-refractivity contribution in [1.29, 1.82) is 0 Å². The van der Waals surface area contributed by atoms with Crippen LogP contribution in [0.4, 0.5) is 0 Å². The molecule has 0 radical (unpaired) electrons. The number of nitrogens with one attached hydrogen (secondary N) is 1. The number of hydrogen-bond acceptors (Lipinski definition) is 0. The van der Waals surface area contributed by atoms with E-state index < -0.39 is 0 Å². The maximum Gasteiger partial charge on any atom is 0.0476 e. The van der Waals surface area contributed by atoms with Crippen molar-refractivity contribution in [3.63, 3.8) is 0 Å². The summed E-state index contributed by atoms with van der Waals surface area (Å²) in [6.45, 7) is 4.52. The lowest BCUT2D eigenvalue weighted by Crippen LogP contribution is -1.93. The zero-order valence-corrected chi connectivity index (χ0v) is 12.2. The first-order valence-corrected chi connectivity index (χ1v) is 7.12. The highest BCUT2D eigenvalue weighted by Crippen LogP contribution is 2.28. The van der Waals surface area contributed by atoms with Gasteiger partial charge in [-0.15, -0.1) is 0 Å². The van der Waals surface area contributed by atoms with Gasteiger partial charge in [-0.2, -0.15) is 0 Å². The van der Waals surface area contributed by atoms with E-state index in [1.165, 1.54) is 27.4 Å². The fraction of sp³-hybridized carbons (Fsp3) is 0.250. The molecule has 2 heteroatoms. The van der Waals surface area contributed by atoms with Crippen molar-refractivity contribution in [3.05, 3.63) is 46.4 Å². The predicted molar refractivity (Wildman–Crippen MR) is 82.0 cm³/mol. The molecule has 2 aromatic carbocycles. The zero-order chi connectivity index (χ0) is 12.7. The van der Waals surface area contributed by atoms with E-state index in [4.69, 9.17) is 0 Å². The van der Waals surface area contributed by atoms with Crippen LogP contribution in [0.25, 0.3) is 21.8 Å². The van der Waals surface area contributed by atoms with Crippen molar-refractivity contribution in [3.8, 4) is 0 Å². The highest BCUT2D eigenvalue weighted by atomic mass is 79.9. The molecule has 1 N–H and O–H groups in total. The van der Waals surface area contributed by atoms with Gasteiger partial charge in [0.25, 0.3) is 0 Å². The molecule has 92 valence electrons. The number of benzene rings is 2. The molecule has 3 rings (SSSR count). The molecule has 0 saturated carbocycles. The molecule has 3 aromatic rings. The molecule has 0 unspecified atom stereocenters. The van der Waals surface area contributed by atoms with Crippen LogP contribution in [0.3, 0.4) is 0 Å². The molecule has 0 saturated heterocycles. The molecular formula is C16H16BrN. The lowest BCUT2D eigenvalue weighted by Gasteiger charge is -2.04. The van der Waals surface area contributed by atoms with Crippen LogP contribution in [0.15, 0.2) is 40.9 Å². The zero-order valence-electron chi connectivity index (χ0n) is 10.6. The predicted octanol–water partition coefficient (Wildman–Crippen LogP) is 5.28. The Labute approximate surface area is 115 Å². The molecule has 0 bridgehead atoms. The number of rotatable bonds is 2. The van der Waals surface area contributed by atoms with Crippen molar-refractivity contribution in [2.75, 3.05) is 0 Å². The lowest BCUT2D eigenvalue weighted by atomic mass is 10.0. The minimum atomic E-state index is 0.696. The van der Waals surface area contributed by atoms with E-state index in [1.807, 2.05) is 0 Å². The third kappa shape index (κ3) is 2.05. The quantitative estimate of drug-likeness (QED) is 0.662. The van der Waals surface area contributed by atoms with Crippen molar-refractivity contribution in [2.45, 2.75) is 20.3 Å². The largest absolute Gasteiger partial charge is 0.354 e. The van der Waals surface area contributed by atoms with E-state index in [2.05, 4.69) is 71.2 Å². The second kappa shape index (κ2) is 4.43. The van der Waals surface area contributed by atoms with Gasteiger partial charge in [-0.25, -0.2) is 0 Å². The average Bonchev–Trinajstić information content (AvgIpc) is 2.65. The van der Waals surface area contributed by atoms with Gasteiger partial charge in [-0.3, -0.25) is 0 Å². The summed E-state index contributed by atoms with van der Waals surface area (Å²) in [5.41, 5.74) is 3.83. The van der Waals surface area contributed by atoms with E-state index in [-0.39, 0.29) is 0 Å². The Kier molecular flexibility index (Phi) is 2.90. The van der Waals surface area contributed by atoms with E-state index in [9.17, 15) is 0 Å². The lowest BCUT2D eigenvalue weighted by molar-refractivity contribution is 0.648. The normalized spacial score (nSPS) is 11.8. The van der Waals surface area contributed by atoms with Gasteiger partial charge in [-0.1, -0.05) is 41.9 Å². The van der Waals surface area contributed by atoms with E-state index >= 15 is 0 Å². The molecule has 0 aliphatic heterocycles. The maximum absolute atomic E-state index is 3.52.